The minimum absolute atomic E-state index is 0. The van der Waals surface area contributed by atoms with Crippen molar-refractivity contribution >= 4 is 70.9 Å². The number of carbonyl (C=O) groups excluding carboxylic acids is 1. The normalized spacial score (nSPS) is 10.2. The van der Waals surface area contributed by atoms with Crippen LogP contribution in [0.5, 0.6) is 17.2 Å². The average Bonchev–Trinajstić information content (AvgIpc) is 2.93. The number of hydrogen-bond donors (Lipinski definition) is 2. The number of aryl methyl sites for hydroxylation is 1. The number of hydrogen-bond acceptors (Lipinski definition) is 5. The van der Waals surface area contributed by atoms with Crippen molar-refractivity contribution in [2.45, 2.75) is 19.8 Å². The molecule has 4 aromatic carbocycles. The summed E-state index contributed by atoms with van der Waals surface area (Å²) in [5.74, 6) is -0.794. The number of aromatic hydroxyl groups is 1. The van der Waals surface area contributed by atoms with Crippen molar-refractivity contribution in [2.24, 2.45) is 0 Å². The number of benzene rings is 4. The number of carboxylic acids is 1. The van der Waals surface area contributed by atoms with E-state index in [1.54, 1.807) is 54.6 Å². The fourth-order valence-electron chi connectivity index (χ4n) is 4.07. The second-order valence-electron chi connectivity index (χ2n) is 8.60. The van der Waals surface area contributed by atoms with Gasteiger partial charge < -0.3 is 19.7 Å². The number of carbonyl (C=O) groups is 2. The molecule has 2 N–H and O–H groups in total. The Morgan fingerprint density at radius 3 is 2.17 bits per heavy atom. The molecule has 0 aliphatic rings. The Morgan fingerprint density at radius 2 is 1.50 bits per heavy atom. The van der Waals surface area contributed by atoms with Crippen LogP contribution in [-0.4, -0.2) is 94.3 Å². The molecular weight excluding hydrogens is 533 g/mol. The van der Waals surface area contributed by atoms with Gasteiger partial charge in [-0.3, -0.25) is 4.79 Å². The quantitative estimate of drug-likeness (QED) is 0.148. The molecule has 0 aliphatic heterocycles. The first-order valence-electron chi connectivity index (χ1n) is 12.2. The molecule has 0 heterocycles. The van der Waals surface area contributed by atoms with Crippen molar-refractivity contribution in [3.63, 3.8) is 0 Å². The van der Waals surface area contributed by atoms with Crippen molar-refractivity contribution < 1.29 is 33.7 Å². The van der Waals surface area contributed by atoms with E-state index in [0.29, 0.717) is 54.2 Å². The van der Waals surface area contributed by atoms with E-state index in [-0.39, 0.29) is 81.8 Å². The zero-order valence-electron chi connectivity index (χ0n) is 20.8. The second-order valence-corrected chi connectivity index (χ2v) is 8.60. The molecule has 4 aromatic rings. The molecule has 0 amide bonds. The van der Waals surface area contributed by atoms with E-state index < -0.39 is 11.8 Å². The van der Waals surface area contributed by atoms with Gasteiger partial charge in [0.25, 0.3) is 0 Å². The molecule has 0 bridgehead atoms. The van der Waals surface area contributed by atoms with Gasteiger partial charge >= 0.3 is 65.1 Å². The molecule has 0 aromatic heterocycles. The molecule has 9 heteroatoms. The van der Waals surface area contributed by atoms with Crippen LogP contribution in [0.3, 0.4) is 0 Å². The Hall–Kier alpha value is -2.65. The van der Waals surface area contributed by atoms with Gasteiger partial charge in [-0.25, -0.2) is 9.18 Å². The SMILES string of the molecule is CCc1cc(-c2ccc(F)cc2)c(O)cc1OCCCOc1cccc(C(=O)c2ccccc2C(=O)O)c1.[NaH].[NaH]. The van der Waals surface area contributed by atoms with E-state index in [1.165, 1.54) is 24.3 Å². The first kappa shape index (κ1) is 33.6. The van der Waals surface area contributed by atoms with Gasteiger partial charge in [0.2, 0.25) is 0 Å². The molecule has 0 saturated carbocycles. The van der Waals surface area contributed by atoms with Crippen LogP contribution in [-0.2, 0) is 6.42 Å². The summed E-state index contributed by atoms with van der Waals surface area (Å²) >= 11 is 0. The topological polar surface area (TPSA) is 93.1 Å². The molecule has 0 radical (unpaired) electrons. The van der Waals surface area contributed by atoms with E-state index >= 15 is 0 Å². The van der Waals surface area contributed by atoms with Gasteiger partial charge in [0.15, 0.2) is 5.78 Å². The summed E-state index contributed by atoms with van der Waals surface area (Å²) in [7, 11) is 0. The standard InChI is InChI=1S/C31H27FO6.2Na.2H/c1-2-20-18-27(21-11-13-23(32)14-12-21)28(33)19-29(20)38-16-6-15-37-24-8-5-7-22(17-24)30(34)25-9-3-4-10-26(25)31(35)36;;;;/h3-5,7-14,17-19,33H,2,6,15-16H2,1H3,(H,35,36);;;;. The van der Waals surface area contributed by atoms with E-state index in [4.69, 9.17) is 9.47 Å². The molecule has 4 rings (SSSR count). The first-order valence-corrected chi connectivity index (χ1v) is 12.2. The van der Waals surface area contributed by atoms with Crippen molar-refractivity contribution in [1.82, 2.24) is 0 Å². The van der Waals surface area contributed by atoms with Gasteiger partial charge in [-0.1, -0.05) is 49.4 Å². The van der Waals surface area contributed by atoms with Crippen LogP contribution in [0, 0.1) is 5.82 Å². The Labute approximate surface area is 276 Å². The summed E-state index contributed by atoms with van der Waals surface area (Å²) in [4.78, 5) is 24.4. The fourth-order valence-corrected chi connectivity index (χ4v) is 4.07. The minimum atomic E-state index is -1.16. The van der Waals surface area contributed by atoms with Crippen molar-refractivity contribution in [3.8, 4) is 28.4 Å². The number of halogens is 1. The Balaban J connectivity index is 0.00000280. The number of ether oxygens (including phenoxy) is 2. The summed E-state index contributed by atoms with van der Waals surface area (Å²) in [5, 5.41) is 19.9. The summed E-state index contributed by atoms with van der Waals surface area (Å²) in [5.41, 5.74) is 2.63. The van der Waals surface area contributed by atoms with Crippen LogP contribution in [0.15, 0.2) is 84.9 Å². The summed E-state index contributed by atoms with van der Waals surface area (Å²) in [6, 6.07) is 22.1. The molecule has 0 saturated heterocycles. The molecule has 40 heavy (non-hydrogen) atoms. The second kappa shape index (κ2) is 16.0. The maximum atomic E-state index is 13.3. The van der Waals surface area contributed by atoms with Crippen LogP contribution in [0.25, 0.3) is 11.1 Å². The maximum absolute atomic E-state index is 13.3. The van der Waals surface area contributed by atoms with E-state index in [0.717, 1.165) is 5.56 Å². The van der Waals surface area contributed by atoms with Gasteiger partial charge in [-0.05, 0) is 53.9 Å². The predicted molar refractivity (Wildman–Crippen MR) is 156 cm³/mol. The van der Waals surface area contributed by atoms with Gasteiger partial charge in [0, 0.05) is 29.2 Å². The summed E-state index contributed by atoms with van der Waals surface area (Å²) in [6.07, 6.45) is 1.23. The third kappa shape index (κ3) is 8.43. The van der Waals surface area contributed by atoms with Gasteiger partial charge in [0.05, 0.1) is 18.8 Å². The third-order valence-corrected chi connectivity index (χ3v) is 6.03. The monoisotopic (exact) mass is 562 g/mol. The Bertz CT molecular complexity index is 1460. The first-order chi connectivity index (χ1) is 18.4. The fraction of sp³-hybridized carbons (Fsp3) is 0.161. The van der Waals surface area contributed by atoms with Gasteiger partial charge in [-0.15, -0.1) is 0 Å². The number of rotatable bonds is 11. The molecule has 0 unspecified atom stereocenters. The zero-order chi connectivity index (χ0) is 27.1. The zero-order valence-corrected chi connectivity index (χ0v) is 20.8. The Morgan fingerprint density at radius 1 is 0.825 bits per heavy atom. The molecule has 0 aliphatic carbocycles. The number of ketones is 1. The number of aromatic carboxylic acids is 1. The van der Waals surface area contributed by atoms with Crippen molar-refractivity contribution in [2.75, 3.05) is 13.2 Å². The molecule has 6 nitrogen and oxygen atoms in total. The summed E-state index contributed by atoms with van der Waals surface area (Å²) in [6.45, 7) is 2.65. The van der Waals surface area contributed by atoms with E-state index in [9.17, 15) is 24.2 Å². The van der Waals surface area contributed by atoms with E-state index in [1.807, 2.05) is 13.0 Å². The number of phenols is 1. The van der Waals surface area contributed by atoms with Crippen molar-refractivity contribution in [3.05, 3.63) is 113 Å². The third-order valence-electron chi connectivity index (χ3n) is 6.03. The number of phenolic OH excluding ortho intramolecular Hbond substituents is 1. The molecule has 0 spiro atoms. The average molecular weight is 563 g/mol. The van der Waals surface area contributed by atoms with Crippen LogP contribution < -0.4 is 9.47 Å². The van der Waals surface area contributed by atoms with Gasteiger partial charge in [-0.2, -0.15) is 0 Å². The van der Waals surface area contributed by atoms with Crippen molar-refractivity contribution in [1.29, 1.82) is 0 Å². The summed E-state index contributed by atoms with van der Waals surface area (Å²) < 4.78 is 25.0. The molecule has 198 valence electrons. The van der Waals surface area contributed by atoms with E-state index in [2.05, 4.69) is 0 Å². The van der Waals surface area contributed by atoms with Gasteiger partial charge in [0.1, 0.15) is 23.1 Å². The van der Waals surface area contributed by atoms with Crippen LogP contribution in [0.2, 0.25) is 0 Å². The van der Waals surface area contributed by atoms with Crippen LogP contribution in [0.1, 0.15) is 45.2 Å². The molecule has 0 atom stereocenters. The predicted octanol–water partition coefficient (Wildman–Crippen LogP) is 5.24. The van der Waals surface area contributed by atoms with Crippen LogP contribution in [0.4, 0.5) is 4.39 Å². The van der Waals surface area contributed by atoms with Crippen LogP contribution >= 0.6 is 0 Å². The number of carboxylic acid groups (broad SMARTS) is 1. The Kier molecular flexibility index (Phi) is 13.4. The molecule has 0 fully saturated rings. The molecular formula is C31H29FNa2O6.